The zero-order valence-electron chi connectivity index (χ0n) is 15.6. The van der Waals surface area contributed by atoms with E-state index < -0.39 is 0 Å². The van der Waals surface area contributed by atoms with Crippen LogP contribution in [0.4, 0.5) is 0 Å². The van der Waals surface area contributed by atoms with Crippen molar-refractivity contribution in [3.8, 4) is 5.75 Å². The monoisotopic (exact) mass is 384 g/mol. The first kappa shape index (κ1) is 19.5. The number of rotatable bonds is 6. The molecule has 0 aromatic heterocycles. The molecule has 1 fully saturated rings. The van der Waals surface area contributed by atoms with Crippen LogP contribution in [0.5, 0.6) is 5.75 Å². The quantitative estimate of drug-likeness (QED) is 0.703. The number of amides is 1. The van der Waals surface area contributed by atoms with E-state index in [-0.39, 0.29) is 5.91 Å². The first-order valence-corrected chi connectivity index (χ1v) is 9.69. The summed E-state index contributed by atoms with van der Waals surface area (Å²) in [5.41, 5.74) is 2.17. The third-order valence-corrected chi connectivity index (χ3v) is 4.89. The van der Waals surface area contributed by atoms with Crippen LogP contribution in [0, 0.1) is 0 Å². The summed E-state index contributed by atoms with van der Waals surface area (Å²) in [6.45, 7) is 6.71. The summed E-state index contributed by atoms with van der Waals surface area (Å²) in [5.74, 6) is 1.00. The number of ether oxygens (including phenoxy) is 1. The lowest BCUT2D eigenvalue weighted by Crippen LogP contribution is -2.47. The van der Waals surface area contributed by atoms with E-state index in [2.05, 4.69) is 11.0 Å². The molecule has 2 aromatic carbocycles. The average molecular weight is 385 g/mol. The second kappa shape index (κ2) is 9.58. The number of piperazine rings is 1. The van der Waals surface area contributed by atoms with Crippen LogP contribution in [0.15, 0.2) is 54.6 Å². The van der Waals surface area contributed by atoms with Gasteiger partial charge in [-0.25, -0.2) is 0 Å². The lowest BCUT2D eigenvalue weighted by molar-refractivity contribution is -0.127. The zero-order chi connectivity index (χ0) is 19.1. The van der Waals surface area contributed by atoms with Gasteiger partial charge in [0.1, 0.15) is 5.75 Å². The molecule has 0 radical (unpaired) electrons. The molecule has 2 aromatic rings. The third kappa shape index (κ3) is 5.59. The van der Waals surface area contributed by atoms with Gasteiger partial charge in [0, 0.05) is 49.4 Å². The molecule has 0 unspecified atom stereocenters. The highest BCUT2D eigenvalue weighted by molar-refractivity contribution is 6.30. The fraction of sp³-hybridized carbons (Fsp3) is 0.318. The van der Waals surface area contributed by atoms with Gasteiger partial charge in [0.25, 0.3) is 0 Å². The van der Waals surface area contributed by atoms with Gasteiger partial charge in [0.15, 0.2) is 0 Å². The summed E-state index contributed by atoms with van der Waals surface area (Å²) in [7, 11) is 0. The Morgan fingerprint density at radius 3 is 2.48 bits per heavy atom. The summed E-state index contributed by atoms with van der Waals surface area (Å²) in [6.07, 6.45) is 3.48. The molecule has 1 aliphatic heterocycles. The maximum absolute atomic E-state index is 12.4. The second-order valence-corrected chi connectivity index (χ2v) is 6.96. The predicted octanol–water partition coefficient (Wildman–Crippen LogP) is 4.10. The average Bonchev–Trinajstić information content (AvgIpc) is 2.69. The summed E-state index contributed by atoms with van der Waals surface area (Å²) in [6, 6.07) is 15.6. The van der Waals surface area contributed by atoms with Crippen LogP contribution in [-0.4, -0.2) is 48.5 Å². The molecule has 0 atom stereocenters. The third-order valence-electron chi connectivity index (χ3n) is 4.64. The molecule has 3 rings (SSSR count). The molecule has 0 bridgehead atoms. The maximum Gasteiger partial charge on any atom is 0.246 e. The number of para-hydroxylation sites is 1. The summed E-state index contributed by atoms with van der Waals surface area (Å²) < 4.78 is 5.71. The number of hydrogen-bond donors (Lipinski definition) is 0. The van der Waals surface area contributed by atoms with Crippen molar-refractivity contribution in [2.75, 3.05) is 32.8 Å². The van der Waals surface area contributed by atoms with Gasteiger partial charge in [-0.1, -0.05) is 41.9 Å². The van der Waals surface area contributed by atoms with Gasteiger partial charge in [0.05, 0.1) is 6.61 Å². The topological polar surface area (TPSA) is 32.8 Å². The van der Waals surface area contributed by atoms with E-state index >= 15 is 0 Å². The number of benzene rings is 2. The molecule has 0 spiro atoms. The normalized spacial score (nSPS) is 15.3. The van der Waals surface area contributed by atoms with Crippen molar-refractivity contribution >= 4 is 23.6 Å². The Kier molecular flexibility index (Phi) is 6.91. The van der Waals surface area contributed by atoms with Crippen LogP contribution in [0.3, 0.4) is 0 Å². The SMILES string of the molecule is CCOc1ccccc1CN1CCN(C(=O)/C=C/c2ccc(Cl)cc2)CC1. The van der Waals surface area contributed by atoms with E-state index in [0.29, 0.717) is 11.6 Å². The van der Waals surface area contributed by atoms with Crippen molar-refractivity contribution in [2.24, 2.45) is 0 Å². The lowest BCUT2D eigenvalue weighted by atomic mass is 10.1. The van der Waals surface area contributed by atoms with Crippen molar-refractivity contribution < 1.29 is 9.53 Å². The number of hydrogen-bond acceptors (Lipinski definition) is 3. The highest BCUT2D eigenvalue weighted by Crippen LogP contribution is 2.20. The Hall–Kier alpha value is -2.30. The van der Waals surface area contributed by atoms with E-state index in [1.54, 1.807) is 6.08 Å². The Bertz CT molecular complexity index is 781. The van der Waals surface area contributed by atoms with Crippen molar-refractivity contribution in [3.05, 3.63) is 70.8 Å². The van der Waals surface area contributed by atoms with Crippen LogP contribution in [0.25, 0.3) is 6.08 Å². The molecule has 1 amide bonds. The Balaban J connectivity index is 1.51. The van der Waals surface area contributed by atoms with Crippen molar-refractivity contribution in [1.82, 2.24) is 9.80 Å². The largest absolute Gasteiger partial charge is 0.494 e. The molecule has 0 saturated carbocycles. The zero-order valence-corrected chi connectivity index (χ0v) is 16.4. The number of carbonyl (C=O) groups is 1. The van der Waals surface area contributed by atoms with Crippen LogP contribution in [-0.2, 0) is 11.3 Å². The molecule has 27 heavy (non-hydrogen) atoms. The van der Waals surface area contributed by atoms with Crippen molar-refractivity contribution in [2.45, 2.75) is 13.5 Å². The molecule has 1 heterocycles. The van der Waals surface area contributed by atoms with Crippen molar-refractivity contribution in [3.63, 3.8) is 0 Å². The fourth-order valence-electron chi connectivity index (χ4n) is 3.14. The second-order valence-electron chi connectivity index (χ2n) is 6.53. The van der Waals surface area contributed by atoms with Crippen molar-refractivity contribution in [1.29, 1.82) is 0 Å². The molecule has 1 aliphatic rings. The first-order valence-electron chi connectivity index (χ1n) is 9.31. The summed E-state index contributed by atoms with van der Waals surface area (Å²) in [4.78, 5) is 16.7. The molecule has 1 saturated heterocycles. The van der Waals surface area contributed by atoms with Crippen LogP contribution >= 0.6 is 11.6 Å². The van der Waals surface area contributed by atoms with Gasteiger partial charge < -0.3 is 9.64 Å². The highest BCUT2D eigenvalue weighted by Gasteiger charge is 2.20. The predicted molar refractivity (Wildman–Crippen MR) is 110 cm³/mol. The van der Waals surface area contributed by atoms with E-state index in [1.165, 1.54) is 5.56 Å². The van der Waals surface area contributed by atoms with Crippen LogP contribution in [0.1, 0.15) is 18.1 Å². The molecular weight excluding hydrogens is 360 g/mol. The van der Waals surface area contributed by atoms with Gasteiger partial charge in [-0.2, -0.15) is 0 Å². The Labute approximate surface area is 166 Å². The molecule has 0 aliphatic carbocycles. The number of carbonyl (C=O) groups excluding carboxylic acids is 1. The van der Waals surface area contributed by atoms with Gasteiger partial charge in [0.2, 0.25) is 5.91 Å². The molecule has 5 heteroatoms. The number of halogens is 1. The lowest BCUT2D eigenvalue weighted by Gasteiger charge is -2.34. The van der Waals surface area contributed by atoms with E-state index in [9.17, 15) is 4.79 Å². The Morgan fingerprint density at radius 1 is 1.07 bits per heavy atom. The van der Waals surface area contributed by atoms with E-state index in [4.69, 9.17) is 16.3 Å². The van der Waals surface area contributed by atoms with Gasteiger partial charge in [-0.15, -0.1) is 0 Å². The van der Waals surface area contributed by atoms with Gasteiger partial charge >= 0.3 is 0 Å². The van der Waals surface area contributed by atoms with Crippen LogP contribution < -0.4 is 4.74 Å². The minimum atomic E-state index is 0.0549. The van der Waals surface area contributed by atoms with Gasteiger partial charge in [-0.05, 0) is 36.8 Å². The van der Waals surface area contributed by atoms with Crippen LogP contribution in [0.2, 0.25) is 5.02 Å². The molecule has 142 valence electrons. The summed E-state index contributed by atoms with van der Waals surface area (Å²) in [5, 5.41) is 0.695. The molecule has 0 N–H and O–H groups in total. The smallest absolute Gasteiger partial charge is 0.246 e. The maximum atomic E-state index is 12.4. The minimum absolute atomic E-state index is 0.0549. The van der Waals surface area contributed by atoms with E-state index in [1.807, 2.05) is 60.4 Å². The summed E-state index contributed by atoms with van der Waals surface area (Å²) >= 11 is 5.88. The molecular formula is C22H25ClN2O2. The van der Waals surface area contributed by atoms with Gasteiger partial charge in [-0.3, -0.25) is 9.69 Å². The minimum Gasteiger partial charge on any atom is -0.494 e. The first-order chi connectivity index (χ1) is 13.2. The van der Waals surface area contributed by atoms with E-state index in [0.717, 1.165) is 44.0 Å². The highest BCUT2D eigenvalue weighted by atomic mass is 35.5. The standard InChI is InChI=1S/C22H25ClN2O2/c1-2-27-21-6-4-3-5-19(21)17-24-13-15-25(16-14-24)22(26)12-9-18-7-10-20(23)11-8-18/h3-12H,2,13-17H2,1H3/b12-9+. The fourth-order valence-corrected chi connectivity index (χ4v) is 3.27. The Morgan fingerprint density at radius 2 is 1.78 bits per heavy atom. The number of nitrogens with zero attached hydrogens (tertiary/aromatic N) is 2. The molecule has 4 nitrogen and oxygen atoms in total.